The van der Waals surface area contributed by atoms with Gasteiger partial charge in [0, 0.05) is 19.7 Å². The zero-order chi connectivity index (χ0) is 10.1. The van der Waals surface area contributed by atoms with Crippen molar-refractivity contribution in [2.24, 2.45) is 5.73 Å². The van der Waals surface area contributed by atoms with Crippen LogP contribution in [0.25, 0.3) is 0 Å². The molecule has 1 amide bonds. The lowest BCUT2D eigenvalue weighted by molar-refractivity contribution is -0.174. The lowest BCUT2D eigenvalue weighted by Crippen LogP contribution is -2.44. The maximum absolute atomic E-state index is 11.0. The lowest BCUT2D eigenvalue weighted by Gasteiger charge is -2.16. The van der Waals surface area contributed by atoms with Crippen LogP contribution in [0, 0.1) is 0 Å². The average Bonchev–Trinajstić information content (AvgIpc) is 2.24. The number of hydrogen-bond donors (Lipinski definition) is 3. The van der Waals surface area contributed by atoms with Crippen LogP contribution in [0.2, 0.25) is 0 Å². The van der Waals surface area contributed by atoms with Gasteiger partial charge in [-0.25, -0.2) is 0 Å². The number of carbonyl (C=O) groups excluding carboxylic acids is 1. The fourth-order valence-electron chi connectivity index (χ4n) is 1.32. The second kappa shape index (κ2) is 3.75. The van der Waals surface area contributed by atoms with Crippen LogP contribution in [0.3, 0.4) is 0 Å². The van der Waals surface area contributed by atoms with E-state index in [2.05, 4.69) is 5.32 Å². The molecule has 0 aliphatic carbocycles. The first-order valence-electron chi connectivity index (χ1n) is 3.91. The van der Waals surface area contributed by atoms with Gasteiger partial charge in [-0.2, -0.15) is 0 Å². The van der Waals surface area contributed by atoms with Crippen LogP contribution >= 0.6 is 7.37 Å². The average molecular weight is 207 g/mol. The number of aliphatic hydroxyl groups is 1. The van der Waals surface area contributed by atoms with Gasteiger partial charge in [0.15, 0.2) is 0 Å². The summed E-state index contributed by atoms with van der Waals surface area (Å²) in [4.78, 5) is 21.8. The Morgan fingerprint density at radius 3 is 2.69 bits per heavy atom. The Hall–Kier alpha value is -0.420. The molecule has 0 aromatic heterocycles. The van der Waals surface area contributed by atoms with Crippen molar-refractivity contribution in [3.8, 4) is 0 Å². The molecule has 0 aromatic carbocycles. The number of aliphatic hydroxyl groups excluding tert-OH is 1. The van der Waals surface area contributed by atoms with Crippen LogP contribution in [0.5, 0.6) is 0 Å². The monoisotopic (exact) mass is 207 g/mol. The molecule has 4 N–H and O–H groups in total. The van der Waals surface area contributed by atoms with E-state index >= 15 is 0 Å². The Labute approximate surface area is 75.6 Å². The first-order chi connectivity index (χ1) is 5.94. The highest BCUT2D eigenvalue weighted by molar-refractivity contribution is 7.57. The summed E-state index contributed by atoms with van der Waals surface area (Å²) in [5.74, 6) is -0.453. The minimum absolute atomic E-state index is 0.181. The van der Waals surface area contributed by atoms with Gasteiger partial charge in [-0.3, -0.25) is 4.79 Å². The first-order valence-corrected chi connectivity index (χ1v) is 5.91. The number of nitrogens with one attached hydrogen (secondary N) is 1. The van der Waals surface area contributed by atoms with Crippen molar-refractivity contribution in [1.82, 2.24) is 5.32 Å². The minimum Gasteiger partial charge on any atom is -0.799 e. The second-order valence-electron chi connectivity index (χ2n) is 3.13. The summed E-state index contributed by atoms with van der Waals surface area (Å²) in [5, 5.41) is 11.6. The van der Waals surface area contributed by atoms with E-state index in [0.29, 0.717) is 0 Å². The number of rotatable bonds is 2. The summed E-state index contributed by atoms with van der Waals surface area (Å²) >= 11 is 0. The molecule has 1 heterocycles. The zero-order valence-corrected chi connectivity index (χ0v) is 7.87. The topological polar surface area (TPSA) is 115 Å². The fourth-order valence-corrected chi connectivity index (χ4v) is 3.22. The molecule has 76 valence electrons. The highest BCUT2D eigenvalue weighted by Gasteiger charge is 2.34. The zero-order valence-electron chi connectivity index (χ0n) is 6.97. The van der Waals surface area contributed by atoms with Crippen molar-refractivity contribution in [2.75, 3.05) is 18.9 Å². The molecule has 3 atom stereocenters. The molecule has 0 radical (unpaired) electrons. The summed E-state index contributed by atoms with van der Waals surface area (Å²) < 4.78 is 11.0. The number of hydrogen-bond acceptors (Lipinski definition) is 5. The predicted molar refractivity (Wildman–Crippen MR) is 44.3 cm³/mol. The summed E-state index contributed by atoms with van der Waals surface area (Å²) in [6, 6.07) is -0.695. The predicted octanol–water partition coefficient (Wildman–Crippen LogP) is -2.56. The van der Waals surface area contributed by atoms with E-state index in [-0.39, 0.29) is 18.9 Å². The molecule has 0 spiro atoms. The normalized spacial score (nSPS) is 39.0. The summed E-state index contributed by atoms with van der Waals surface area (Å²) in [5.41, 5.74) is 5.02. The van der Waals surface area contributed by atoms with E-state index in [4.69, 9.17) is 5.73 Å². The van der Waals surface area contributed by atoms with Crippen molar-refractivity contribution < 1.29 is 19.4 Å². The molecule has 6 nitrogen and oxygen atoms in total. The van der Waals surface area contributed by atoms with Gasteiger partial charge >= 0.3 is 0 Å². The van der Waals surface area contributed by atoms with Gasteiger partial charge in [-0.15, -0.1) is 0 Å². The van der Waals surface area contributed by atoms with E-state index in [9.17, 15) is 19.4 Å². The third-order valence-electron chi connectivity index (χ3n) is 1.94. The van der Waals surface area contributed by atoms with Gasteiger partial charge in [0.2, 0.25) is 5.91 Å². The van der Waals surface area contributed by atoms with Gasteiger partial charge in [0.25, 0.3) is 0 Å². The molecule has 1 fully saturated rings. The van der Waals surface area contributed by atoms with E-state index < -0.39 is 25.4 Å². The Morgan fingerprint density at radius 2 is 2.31 bits per heavy atom. The van der Waals surface area contributed by atoms with Gasteiger partial charge in [-0.1, -0.05) is 0 Å². The summed E-state index contributed by atoms with van der Waals surface area (Å²) in [6.07, 6.45) is -1.44. The molecule has 1 aliphatic rings. The number of carbonyl (C=O) groups is 1. The fraction of sp³-hybridized carbons (Fsp3) is 0.833. The maximum atomic E-state index is 11.0. The van der Waals surface area contributed by atoms with Crippen molar-refractivity contribution >= 4 is 13.3 Å². The Balaban J connectivity index is 2.53. The molecule has 1 aliphatic heterocycles. The smallest absolute Gasteiger partial charge is 0.234 e. The minimum atomic E-state index is -3.48. The van der Waals surface area contributed by atoms with Crippen LogP contribution in [-0.4, -0.2) is 42.0 Å². The second-order valence-corrected chi connectivity index (χ2v) is 5.48. The van der Waals surface area contributed by atoms with Crippen LogP contribution in [0.15, 0.2) is 0 Å². The Kier molecular flexibility index (Phi) is 3.08. The highest BCUT2D eigenvalue weighted by Crippen LogP contribution is 2.43. The van der Waals surface area contributed by atoms with Crippen LogP contribution in [0.1, 0.15) is 0 Å². The Morgan fingerprint density at radius 1 is 1.69 bits per heavy atom. The molecule has 13 heavy (non-hydrogen) atoms. The largest absolute Gasteiger partial charge is 0.799 e. The van der Waals surface area contributed by atoms with Gasteiger partial charge < -0.3 is 25.6 Å². The molecular weight excluding hydrogens is 195 g/mol. The van der Waals surface area contributed by atoms with E-state index in [1.54, 1.807) is 0 Å². The molecular formula is C6H12N2O4P-. The SMILES string of the molecule is NCC(=O)N[C@H]1CP(=O)([O-])C[C@@H]1O. The standard InChI is InChI=1S/C6H13N2O4P/c7-1-6(10)8-4-2-13(11,12)3-5(4)9/h4-5,9H,1-3,7H2,(H,8,10)(H,11,12)/p-1/t4-,5-/m0/s1. The summed E-state index contributed by atoms with van der Waals surface area (Å²) in [6.45, 7) is -0.202. The summed E-state index contributed by atoms with van der Waals surface area (Å²) in [7, 11) is -3.48. The van der Waals surface area contributed by atoms with Gasteiger partial charge in [0.1, 0.15) is 0 Å². The third kappa shape index (κ3) is 2.77. The molecule has 0 saturated carbocycles. The van der Waals surface area contributed by atoms with Crippen LogP contribution in [0.4, 0.5) is 0 Å². The van der Waals surface area contributed by atoms with Crippen LogP contribution < -0.4 is 15.9 Å². The molecule has 0 aromatic rings. The molecule has 1 rings (SSSR count). The quantitative estimate of drug-likeness (QED) is 0.431. The third-order valence-corrected chi connectivity index (χ3v) is 3.82. The molecule has 7 heteroatoms. The van der Waals surface area contributed by atoms with E-state index in [1.165, 1.54) is 0 Å². The maximum Gasteiger partial charge on any atom is 0.234 e. The van der Waals surface area contributed by atoms with Crippen molar-refractivity contribution in [3.63, 3.8) is 0 Å². The molecule has 0 bridgehead atoms. The van der Waals surface area contributed by atoms with E-state index in [1.807, 2.05) is 0 Å². The van der Waals surface area contributed by atoms with Crippen LogP contribution in [-0.2, 0) is 9.36 Å². The molecule has 1 saturated heterocycles. The number of amides is 1. The highest BCUT2D eigenvalue weighted by atomic mass is 31.2. The van der Waals surface area contributed by atoms with Crippen molar-refractivity contribution in [1.29, 1.82) is 0 Å². The first kappa shape index (κ1) is 10.7. The van der Waals surface area contributed by atoms with Crippen molar-refractivity contribution in [2.45, 2.75) is 12.1 Å². The molecule has 1 unspecified atom stereocenters. The van der Waals surface area contributed by atoms with Gasteiger partial charge in [-0.05, 0) is 0 Å². The lowest BCUT2D eigenvalue weighted by atomic mass is 10.2. The Bertz CT molecular complexity index is 257. The van der Waals surface area contributed by atoms with Gasteiger partial charge in [0.05, 0.1) is 18.7 Å². The van der Waals surface area contributed by atoms with Crippen molar-refractivity contribution in [3.05, 3.63) is 0 Å². The number of nitrogens with two attached hydrogens (primary N) is 1. The van der Waals surface area contributed by atoms with E-state index in [0.717, 1.165) is 0 Å².